The van der Waals surface area contributed by atoms with Crippen LogP contribution in [0, 0.1) is 0 Å². The minimum atomic E-state index is -4.89. The Morgan fingerprint density at radius 2 is 1.89 bits per heavy atom. The van der Waals surface area contributed by atoms with Crippen molar-refractivity contribution in [1.29, 1.82) is 0 Å². The summed E-state index contributed by atoms with van der Waals surface area (Å²) in [7, 11) is -4.89. The van der Waals surface area contributed by atoms with Crippen molar-refractivity contribution in [3.05, 3.63) is 35.9 Å². The Hall–Kier alpha value is -1.34. The molecule has 0 fully saturated rings. The fraction of sp³-hybridized carbons (Fsp3) is 0.222. The van der Waals surface area contributed by atoms with Crippen LogP contribution in [0.4, 0.5) is 9.05 Å². The van der Waals surface area contributed by atoms with Gasteiger partial charge < -0.3 is 5.11 Å². The van der Waals surface area contributed by atoms with Gasteiger partial charge in [0.25, 0.3) is 0 Å². The highest BCUT2D eigenvalue weighted by molar-refractivity contribution is 7.51. The summed E-state index contributed by atoms with van der Waals surface area (Å²) in [5, 5.41) is 10.5. The third kappa shape index (κ3) is 4.15. The summed E-state index contributed by atoms with van der Waals surface area (Å²) < 4.78 is 40.3. The molecule has 0 spiro atoms. The summed E-state index contributed by atoms with van der Waals surface area (Å²) in [5.41, 5.74) is 0.571. The van der Waals surface area contributed by atoms with Gasteiger partial charge in [0.05, 0.1) is 0 Å². The van der Waals surface area contributed by atoms with E-state index in [0.717, 1.165) is 0 Å². The van der Waals surface area contributed by atoms with Crippen molar-refractivity contribution in [2.24, 2.45) is 0 Å². The molecule has 0 unspecified atom stereocenters. The maximum Gasteiger partial charge on any atom is 0.468 e. The number of nitrogens with one attached hydrogen (secondary N) is 1. The summed E-state index contributed by atoms with van der Waals surface area (Å²) in [6.07, 6.45) is -0.146. The SMILES string of the molecule is O=C(O)[C@H](Cc1ccccc1)NP(=O)(OF)OF. The van der Waals surface area contributed by atoms with Gasteiger partial charge in [-0.25, -0.2) is 9.65 Å². The molecule has 0 aliphatic carbocycles. The predicted octanol–water partition coefficient (Wildman–Crippen LogP) is 2.18. The Balaban J connectivity index is 2.79. The Labute approximate surface area is 101 Å². The maximum atomic E-state index is 11.8. The molecule has 0 saturated carbocycles. The number of carboxylic acids is 1. The fourth-order valence-corrected chi connectivity index (χ4v) is 1.96. The van der Waals surface area contributed by atoms with Crippen LogP contribution in [0.2, 0.25) is 0 Å². The molecule has 6 nitrogen and oxygen atoms in total. The first-order valence-corrected chi connectivity index (χ1v) is 6.30. The lowest BCUT2D eigenvalue weighted by molar-refractivity contribution is -0.140. The second-order valence-electron chi connectivity index (χ2n) is 3.35. The molecule has 0 aliphatic heterocycles. The molecule has 0 aliphatic rings. The Kier molecular flexibility index (Phi) is 5.36. The summed E-state index contributed by atoms with van der Waals surface area (Å²) in [6, 6.07) is 6.72. The van der Waals surface area contributed by atoms with Gasteiger partial charge in [0.1, 0.15) is 6.04 Å². The quantitative estimate of drug-likeness (QED) is 0.745. The van der Waals surface area contributed by atoms with Gasteiger partial charge in [0, 0.05) is 0 Å². The van der Waals surface area contributed by atoms with Crippen molar-refractivity contribution in [1.82, 2.24) is 5.09 Å². The third-order valence-corrected chi connectivity index (χ3v) is 3.07. The van der Waals surface area contributed by atoms with E-state index < -0.39 is 19.8 Å². The maximum absolute atomic E-state index is 11.8. The molecule has 18 heavy (non-hydrogen) atoms. The largest absolute Gasteiger partial charge is 0.480 e. The van der Waals surface area contributed by atoms with Crippen molar-refractivity contribution in [3.63, 3.8) is 0 Å². The first-order valence-electron chi connectivity index (χ1n) is 4.76. The lowest BCUT2D eigenvalue weighted by atomic mass is 10.1. The van der Waals surface area contributed by atoms with E-state index in [1.165, 1.54) is 0 Å². The normalized spacial score (nSPS) is 13.2. The average Bonchev–Trinajstić information content (AvgIpc) is 2.39. The second-order valence-corrected chi connectivity index (χ2v) is 4.87. The van der Waals surface area contributed by atoms with Crippen LogP contribution in [0.25, 0.3) is 0 Å². The van der Waals surface area contributed by atoms with Crippen LogP contribution in [0.15, 0.2) is 30.3 Å². The molecule has 9 heteroatoms. The van der Waals surface area contributed by atoms with E-state index >= 15 is 0 Å². The third-order valence-electron chi connectivity index (χ3n) is 2.08. The fourth-order valence-electron chi connectivity index (χ4n) is 1.28. The van der Waals surface area contributed by atoms with Crippen molar-refractivity contribution in [2.75, 3.05) is 0 Å². The minimum Gasteiger partial charge on any atom is -0.480 e. The molecule has 0 aromatic heterocycles. The zero-order valence-corrected chi connectivity index (χ0v) is 9.85. The van der Waals surface area contributed by atoms with E-state index in [4.69, 9.17) is 5.11 Å². The highest BCUT2D eigenvalue weighted by atomic mass is 31.2. The predicted molar refractivity (Wildman–Crippen MR) is 56.7 cm³/mol. The zero-order chi connectivity index (χ0) is 13.6. The molecule has 0 saturated heterocycles. The first-order chi connectivity index (χ1) is 8.50. The van der Waals surface area contributed by atoms with E-state index in [2.05, 4.69) is 9.46 Å². The molecule has 0 amide bonds. The number of rotatable bonds is 7. The van der Waals surface area contributed by atoms with Gasteiger partial charge in [-0.2, -0.15) is 0 Å². The molecular formula is C9H10F2NO5P. The smallest absolute Gasteiger partial charge is 0.468 e. The molecule has 1 rings (SSSR count). The molecule has 1 aromatic carbocycles. The van der Waals surface area contributed by atoms with E-state index in [0.29, 0.717) is 5.56 Å². The van der Waals surface area contributed by atoms with Gasteiger partial charge in [-0.15, -0.1) is 0 Å². The second kappa shape index (κ2) is 6.55. The topological polar surface area (TPSA) is 84.9 Å². The summed E-state index contributed by atoms with van der Waals surface area (Å²) in [6.45, 7) is 0. The van der Waals surface area contributed by atoms with E-state index in [1.807, 2.05) is 0 Å². The highest BCUT2D eigenvalue weighted by Crippen LogP contribution is 2.45. The standard InChI is InChI=1S/C9H10F2NO5P/c10-16-18(15,17-11)12-8(9(13)14)6-7-4-2-1-3-5-7/h1-5,8H,6H2,(H,12,15)(H,13,14)/t8-/m0/s1. The van der Waals surface area contributed by atoms with Gasteiger partial charge in [-0.05, 0) is 21.0 Å². The zero-order valence-electron chi connectivity index (χ0n) is 8.95. The first kappa shape index (κ1) is 14.7. The number of carbonyl (C=O) groups is 1. The number of hydrogen-bond acceptors (Lipinski definition) is 4. The minimum absolute atomic E-state index is 0.146. The number of benzene rings is 1. The molecule has 0 heterocycles. The lowest BCUT2D eigenvalue weighted by Gasteiger charge is -2.16. The van der Waals surface area contributed by atoms with Gasteiger partial charge in [-0.1, -0.05) is 39.8 Å². The Morgan fingerprint density at radius 3 is 2.33 bits per heavy atom. The van der Waals surface area contributed by atoms with E-state index in [1.54, 1.807) is 35.4 Å². The average molecular weight is 281 g/mol. The van der Waals surface area contributed by atoms with Crippen LogP contribution in [0.3, 0.4) is 0 Å². The van der Waals surface area contributed by atoms with Crippen LogP contribution in [0.1, 0.15) is 5.56 Å². The van der Waals surface area contributed by atoms with Gasteiger partial charge in [0.15, 0.2) is 0 Å². The molecule has 100 valence electrons. The summed E-state index contributed by atoms with van der Waals surface area (Å²) in [4.78, 5) is 10.9. The Morgan fingerprint density at radius 1 is 1.33 bits per heavy atom. The number of hydrogen-bond donors (Lipinski definition) is 2. The van der Waals surface area contributed by atoms with Crippen LogP contribution in [-0.4, -0.2) is 17.1 Å². The molecule has 1 aromatic rings. The van der Waals surface area contributed by atoms with Crippen LogP contribution in [0.5, 0.6) is 0 Å². The number of aliphatic carboxylic acids is 1. The van der Waals surface area contributed by atoms with Crippen LogP contribution < -0.4 is 5.09 Å². The highest BCUT2D eigenvalue weighted by Gasteiger charge is 2.34. The summed E-state index contributed by atoms with van der Waals surface area (Å²) >= 11 is 0. The Bertz CT molecular complexity index is 436. The van der Waals surface area contributed by atoms with Gasteiger partial charge in [0.2, 0.25) is 0 Å². The summed E-state index contributed by atoms with van der Waals surface area (Å²) in [5.74, 6) is -1.45. The molecule has 2 N–H and O–H groups in total. The van der Waals surface area contributed by atoms with Crippen molar-refractivity contribution >= 4 is 13.7 Å². The molecule has 1 atom stereocenters. The van der Waals surface area contributed by atoms with Gasteiger partial charge in [-0.3, -0.25) is 4.79 Å². The van der Waals surface area contributed by atoms with Crippen molar-refractivity contribution < 1.29 is 33.0 Å². The molecule has 0 radical (unpaired) electrons. The number of carboxylic acid groups (broad SMARTS) is 1. The monoisotopic (exact) mass is 281 g/mol. The van der Waals surface area contributed by atoms with E-state index in [9.17, 15) is 18.4 Å². The van der Waals surface area contributed by atoms with Crippen molar-refractivity contribution in [3.8, 4) is 0 Å². The molecule has 0 bridgehead atoms. The molecular weight excluding hydrogens is 271 g/mol. The van der Waals surface area contributed by atoms with Crippen molar-refractivity contribution in [2.45, 2.75) is 12.5 Å². The van der Waals surface area contributed by atoms with E-state index in [-0.39, 0.29) is 6.42 Å². The van der Waals surface area contributed by atoms with Gasteiger partial charge >= 0.3 is 13.7 Å². The number of halogens is 2. The van der Waals surface area contributed by atoms with Crippen LogP contribution >= 0.6 is 7.75 Å². The lowest BCUT2D eigenvalue weighted by Crippen LogP contribution is -2.36. The van der Waals surface area contributed by atoms with Crippen LogP contribution in [-0.2, 0) is 25.2 Å².